The number of nitrogens with one attached hydrogen (secondary N) is 1. The zero-order valence-electron chi connectivity index (χ0n) is 8.03. The summed E-state index contributed by atoms with van der Waals surface area (Å²) in [7, 11) is 3.52. The van der Waals surface area contributed by atoms with Gasteiger partial charge in [0.25, 0.3) is 0 Å². The van der Waals surface area contributed by atoms with Gasteiger partial charge < -0.3 is 10.3 Å². The molecule has 0 unspecified atom stereocenters. The van der Waals surface area contributed by atoms with Gasteiger partial charge in [0.15, 0.2) is 0 Å². The van der Waals surface area contributed by atoms with Gasteiger partial charge in [-0.3, -0.25) is 9.47 Å². The molecular weight excluding hydrogens is 166 g/mol. The predicted octanol–water partition coefficient (Wildman–Crippen LogP) is 0.510. The highest BCUT2D eigenvalue weighted by Gasteiger charge is 2.01. The van der Waals surface area contributed by atoms with E-state index in [1.165, 1.54) is 0 Å². The standard InChI is InChI=1S/C9H15N3O/c1-11(2)9(13)5-6-10-12-7-3-4-8-12/h3-4,7-8,10H,5-6H2,1-2H3. The Morgan fingerprint density at radius 1 is 1.38 bits per heavy atom. The Morgan fingerprint density at radius 3 is 2.54 bits per heavy atom. The minimum absolute atomic E-state index is 0.139. The van der Waals surface area contributed by atoms with Gasteiger partial charge in [0, 0.05) is 39.5 Å². The van der Waals surface area contributed by atoms with Crippen LogP contribution in [0, 0.1) is 0 Å². The smallest absolute Gasteiger partial charge is 0.223 e. The summed E-state index contributed by atoms with van der Waals surface area (Å²) >= 11 is 0. The summed E-state index contributed by atoms with van der Waals surface area (Å²) in [6, 6.07) is 3.86. The highest BCUT2D eigenvalue weighted by molar-refractivity contribution is 5.75. The van der Waals surface area contributed by atoms with Crippen molar-refractivity contribution in [2.75, 3.05) is 26.1 Å². The first-order chi connectivity index (χ1) is 6.20. The first-order valence-electron chi connectivity index (χ1n) is 4.27. The Bertz CT molecular complexity index is 254. The van der Waals surface area contributed by atoms with Crippen LogP contribution in [-0.2, 0) is 4.79 Å². The van der Waals surface area contributed by atoms with E-state index in [0.29, 0.717) is 13.0 Å². The molecule has 0 aliphatic carbocycles. The molecule has 1 heterocycles. The van der Waals surface area contributed by atoms with Crippen LogP contribution in [0.2, 0.25) is 0 Å². The van der Waals surface area contributed by atoms with Crippen molar-refractivity contribution in [3.8, 4) is 0 Å². The van der Waals surface area contributed by atoms with Gasteiger partial charge in [-0.15, -0.1) is 0 Å². The lowest BCUT2D eigenvalue weighted by molar-refractivity contribution is -0.128. The number of hydrogen-bond donors (Lipinski definition) is 1. The van der Waals surface area contributed by atoms with Crippen molar-refractivity contribution < 1.29 is 4.79 Å². The Kier molecular flexibility index (Phi) is 3.37. The van der Waals surface area contributed by atoms with Gasteiger partial charge in [0.1, 0.15) is 0 Å². The second-order valence-electron chi connectivity index (χ2n) is 3.04. The number of aromatic nitrogens is 1. The maximum Gasteiger partial charge on any atom is 0.223 e. The van der Waals surface area contributed by atoms with Gasteiger partial charge in [0.05, 0.1) is 0 Å². The van der Waals surface area contributed by atoms with E-state index in [-0.39, 0.29) is 5.91 Å². The molecule has 0 aromatic carbocycles. The Balaban J connectivity index is 2.18. The second-order valence-corrected chi connectivity index (χ2v) is 3.04. The monoisotopic (exact) mass is 181 g/mol. The largest absolute Gasteiger partial charge is 0.349 e. The van der Waals surface area contributed by atoms with Crippen LogP contribution in [-0.4, -0.2) is 36.1 Å². The lowest BCUT2D eigenvalue weighted by atomic mass is 10.4. The first kappa shape index (κ1) is 9.64. The molecule has 0 radical (unpaired) electrons. The molecule has 0 fully saturated rings. The maximum absolute atomic E-state index is 11.1. The lowest BCUT2D eigenvalue weighted by Gasteiger charge is -2.11. The van der Waals surface area contributed by atoms with Crippen molar-refractivity contribution in [3.05, 3.63) is 24.5 Å². The number of hydrogen-bond acceptors (Lipinski definition) is 2. The summed E-state index contributed by atoms with van der Waals surface area (Å²) in [5.74, 6) is 0.139. The van der Waals surface area contributed by atoms with Gasteiger partial charge in [-0.2, -0.15) is 0 Å². The van der Waals surface area contributed by atoms with Crippen molar-refractivity contribution in [1.29, 1.82) is 0 Å². The molecule has 0 saturated heterocycles. The molecule has 0 aliphatic heterocycles. The molecule has 4 heteroatoms. The fourth-order valence-electron chi connectivity index (χ4n) is 0.955. The maximum atomic E-state index is 11.1. The van der Waals surface area contributed by atoms with Crippen molar-refractivity contribution in [2.24, 2.45) is 0 Å². The summed E-state index contributed by atoms with van der Waals surface area (Å²) in [5.41, 5.74) is 3.08. The summed E-state index contributed by atoms with van der Waals surface area (Å²) in [4.78, 5) is 12.7. The lowest BCUT2D eigenvalue weighted by Crippen LogP contribution is -2.25. The average molecular weight is 181 g/mol. The second kappa shape index (κ2) is 4.54. The van der Waals surface area contributed by atoms with E-state index in [4.69, 9.17) is 0 Å². The van der Waals surface area contributed by atoms with E-state index in [1.54, 1.807) is 19.0 Å². The topological polar surface area (TPSA) is 37.3 Å². The van der Waals surface area contributed by atoms with E-state index in [9.17, 15) is 4.79 Å². The third-order valence-electron chi connectivity index (χ3n) is 1.74. The molecule has 0 bridgehead atoms. The van der Waals surface area contributed by atoms with E-state index < -0.39 is 0 Å². The van der Waals surface area contributed by atoms with E-state index in [2.05, 4.69) is 5.43 Å². The molecule has 0 aliphatic rings. The van der Waals surface area contributed by atoms with Crippen LogP contribution in [0.25, 0.3) is 0 Å². The fraction of sp³-hybridized carbons (Fsp3) is 0.444. The van der Waals surface area contributed by atoms with E-state index >= 15 is 0 Å². The Labute approximate surface area is 78.1 Å². The van der Waals surface area contributed by atoms with Crippen LogP contribution in [0.1, 0.15) is 6.42 Å². The third-order valence-corrected chi connectivity index (χ3v) is 1.74. The normalized spacial score (nSPS) is 9.69. The predicted molar refractivity (Wildman–Crippen MR) is 52.0 cm³/mol. The van der Waals surface area contributed by atoms with Gasteiger partial charge in [-0.25, -0.2) is 0 Å². The molecular formula is C9H15N3O. The minimum atomic E-state index is 0.139. The Hall–Kier alpha value is -1.45. The summed E-state index contributed by atoms with van der Waals surface area (Å²) in [6.07, 6.45) is 4.32. The van der Waals surface area contributed by atoms with Gasteiger partial charge in [-0.1, -0.05) is 0 Å². The molecule has 1 aromatic heterocycles. The number of nitrogens with zero attached hydrogens (tertiary/aromatic N) is 2. The number of carbonyl (C=O) groups is 1. The Morgan fingerprint density at radius 2 is 2.00 bits per heavy atom. The zero-order valence-corrected chi connectivity index (χ0v) is 8.03. The third kappa shape index (κ3) is 3.19. The van der Waals surface area contributed by atoms with Crippen molar-refractivity contribution in [3.63, 3.8) is 0 Å². The summed E-state index contributed by atoms with van der Waals surface area (Å²) in [6.45, 7) is 0.658. The van der Waals surface area contributed by atoms with Gasteiger partial charge in [-0.05, 0) is 12.1 Å². The van der Waals surface area contributed by atoms with Crippen LogP contribution in [0.5, 0.6) is 0 Å². The zero-order chi connectivity index (χ0) is 9.68. The molecule has 1 aromatic rings. The van der Waals surface area contributed by atoms with Crippen molar-refractivity contribution in [1.82, 2.24) is 9.58 Å². The minimum Gasteiger partial charge on any atom is -0.349 e. The quantitative estimate of drug-likeness (QED) is 0.735. The van der Waals surface area contributed by atoms with Gasteiger partial charge >= 0.3 is 0 Å². The first-order valence-corrected chi connectivity index (χ1v) is 4.27. The fourth-order valence-corrected chi connectivity index (χ4v) is 0.955. The molecule has 0 saturated carbocycles. The van der Waals surface area contributed by atoms with Crippen LogP contribution in [0.15, 0.2) is 24.5 Å². The SMILES string of the molecule is CN(C)C(=O)CCNn1cccc1. The van der Waals surface area contributed by atoms with Crippen molar-refractivity contribution >= 4 is 5.91 Å². The molecule has 0 spiro atoms. The number of amides is 1. The van der Waals surface area contributed by atoms with Crippen LogP contribution in [0.3, 0.4) is 0 Å². The molecule has 0 atom stereocenters. The van der Waals surface area contributed by atoms with Gasteiger partial charge in [0.2, 0.25) is 5.91 Å². The molecule has 1 N–H and O–H groups in total. The number of carbonyl (C=O) groups excluding carboxylic acids is 1. The highest BCUT2D eigenvalue weighted by atomic mass is 16.2. The van der Waals surface area contributed by atoms with E-state index in [0.717, 1.165) is 0 Å². The molecule has 72 valence electrons. The highest BCUT2D eigenvalue weighted by Crippen LogP contribution is 1.88. The molecule has 1 rings (SSSR count). The van der Waals surface area contributed by atoms with Crippen LogP contribution < -0.4 is 5.43 Å². The molecule has 1 amide bonds. The number of rotatable bonds is 4. The summed E-state index contributed by atoms with van der Waals surface area (Å²) in [5, 5.41) is 0. The molecule has 4 nitrogen and oxygen atoms in total. The molecule has 13 heavy (non-hydrogen) atoms. The van der Waals surface area contributed by atoms with E-state index in [1.807, 2.05) is 29.2 Å². The average Bonchev–Trinajstić information content (AvgIpc) is 2.56. The van der Waals surface area contributed by atoms with Crippen LogP contribution >= 0.6 is 0 Å². The van der Waals surface area contributed by atoms with Crippen LogP contribution in [0.4, 0.5) is 0 Å². The van der Waals surface area contributed by atoms with Crippen molar-refractivity contribution in [2.45, 2.75) is 6.42 Å². The summed E-state index contributed by atoms with van der Waals surface area (Å²) < 4.78 is 1.84.